The molecule has 1 N–H and O–H groups in total. The molecule has 0 saturated carbocycles. The second kappa shape index (κ2) is 4.76. The fraction of sp³-hybridized carbons (Fsp3) is 1.00. The minimum atomic E-state index is 0.310. The van der Waals surface area contributed by atoms with Crippen LogP contribution in [0.4, 0.5) is 0 Å². The van der Waals surface area contributed by atoms with Crippen LogP contribution in [0.15, 0.2) is 0 Å². The molecule has 0 aliphatic carbocycles. The molecular weight excluding hydrogens is 136 g/mol. The Hall–Kier alpha value is -0.0400. The first kappa shape index (κ1) is 11.0. The maximum absolute atomic E-state index is 9.12. The zero-order valence-electron chi connectivity index (χ0n) is 8.35. The molecule has 1 atom stereocenters. The van der Waals surface area contributed by atoms with Crippen molar-refractivity contribution in [3.8, 4) is 0 Å². The van der Waals surface area contributed by atoms with E-state index >= 15 is 0 Å². The van der Waals surface area contributed by atoms with Gasteiger partial charge in [-0.1, -0.05) is 40.5 Å². The van der Waals surface area contributed by atoms with Crippen molar-refractivity contribution in [3.63, 3.8) is 0 Å². The molecule has 0 spiro atoms. The Morgan fingerprint density at radius 2 is 1.82 bits per heavy atom. The Morgan fingerprint density at radius 3 is 2.09 bits per heavy atom. The van der Waals surface area contributed by atoms with Crippen molar-refractivity contribution in [3.05, 3.63) is 0 Å². The van der Waals surface area contributed by atoms with E-state index in [0.29, 0.717) is 17.9 Å². The molecule has 11 heavy (non-hydrogen) atoms. The molecule has 0 heterocycles. The van der Waals surface area contributed by atoms with Crippen molar-refractivity contribution >= 4 is 0 Å². The highest BCUT2D eigenvalue weighted by atomic mass is 16.3. The Kier molecular flexibility index (Phi) is 4.74. The number of rotatable bonds is 5. The van der Waals surface area contributed by atoms with Gasteiger partial charge in [0.2, 0.25) is 0 Å². The van der Waals surface area contributed by atoms with Gasteiger partial charge < -0.3 is 5.11 Å². The summed E-state index contributed by atoms with van der Waals surface area (Å²) in [6.45, 7) is 9.19. The lowest BCUT2D eigenvalue weighted by molar-refractivity contribution is 0.105. The second-order valence-electron chi connectivity index (χ2n) is 4.01. The molecule has 0 rings (SSSR count). The molecule has 0 aromatic carbocycles. The highest BCUT2D eigenvalue weighted by Gasteiger charge is 2.25. The molecule has 1 unspecified atom stereocenters. The van der Waals surface area contributed by atoms with E-state index in [0.717, 1.165) is 12.8 Å². The summed E-state index contributed by atoms with van der Waals surface area (Å²) in [5, 5.41) is 9.12. The zero-order valence-corrected chi connectivity index (χ0v) is 8.35. The molecule has 0 aliphatic rings. The fourth-order valence-electron chi connectivity index (χ4n) is 1.37. The van der Waals surface area contributed by atoms with Crippen molar-refractivity contribution in [2.45, 2.75) is 47.0 Å². The van der Waals surface area contributed by atoms with Crippen LogP contribution in [-0.2, 0) is 0 Å². The fourth-order valence-corrected chi connectivity index (χ4v) is 1.37. The Labute approximate surface area is 70.8 Å². The smallest absolute Gasteiger partial charge is 0.0464 e. The summed E-state index contributed by atoms with van der Waals surface area (Å²) >= 11 is 0. The van der Waals surface area contributed by atoms with Crippen molar-refractivity contribution in [1.29, 1.82) is 0 Å². The van der Waals surface area contributed by atoms with E-state index in [1.807, 2.05) is 0 Å². The number of aliphatic hydroxyl groups is 1. The lowest BCUT2D eigenvalue weighted by Gasteiger charge is -2.31. The summed E-state index contributed by atoms with van der Waals surface area (Å²) in [6.07, 6.45) is 3.48. The Morgan fingerprint density at radius 1 is 1.27 bits per heavy atom. The molecule has 68 valence electrons. The van der Waals surface area contributed by atoms with Crippen molar-refractivity contribution in [2.24, 2.45) is 11.3 Å². The minimum absolute atomic E-state index is 0.310. The van der Waals surface area contributed by atoms with Gasteiger partial charge in [-0.2, -0.15) is 0 Å². The summed E-state index contributed by atoms with van der Waals surface area (Å²) in [7, 11) is 0. The van der Waals surface area contributed by atoms with Crippen LogP contribution in [0.5, 0.6) is 0 Å². The van der Waals surface area contributed by atoms with Crippen molar-refractivity contribution < 1.29 is 5.11 Å². The number of aliphatic hydroxyl groups excluding tert-OH is 1. The van der Waals surface area contributed by atoms with E-state index in [4.69, 9.17) is 5.11 Å². The molecule has 0 fully saturated rings. The molecule has 0 bridgehead atoms. The van der Waals surface area contributed by atoms with E-state index in [9.17, 15) is 0 Å². The van der Waals surface area contributed by atoms with Gasteiger partial charge in [0, 0.05) is 6.61 Å². The maximum Gasteiger partial charge on any atom is 0.0464 e. The van der Waals surface area contributed by atoms with Gasteiger partial charge in [-0.15, -0.1) is 0 Å². The molecule has 0 aromatic heterocycles. The molecule has 1 nitrogen and oxygen atoms in total. The molecular formula is C10H22O. The average molecular weight is 158 g/mol. The number of hydrogen-bond acceptors (Lipinski definition) is 1. The van der Waals surface area contributed by atoms with E-state index < -0.39 is 0 Å². The molecule has 0 radical (unpaired) electrons. The Bertz CT molecular complexity index is 97.0. The standard InChI is InChI=1S/C10H22O/c1-5-7-9(8-11)10(3,4)6-2/h9,11H,5-8H2,1-4H3. The van der Waals surface area contributed by atoms with E-state index in [1.165, 1.54) is 6.42 Å². The summed E-state index contributed by atoms with van der Waals surface area (Å²) in [5.41, 5.74) is 0.310. The van der Waals surface area contributed by atoms with Crippen LogP contribution < -0.4 is 0 Å². The van der Waals surface area contributed by atoms with Gasteiger partial charge in [-0.3, -0.25) is 0 Å². The monoisotopic (exact) mass is 158 g/mol. The Balaban J connectivity index is 3.99. The third-order valence-corrected chi connectivity index (χ3v) is 2.87. The first-order chi connectivity index (χ1) is 5.08. The average Bonchev–Trinajstić information content (AvgIpc) is 2.00. The van der Waals surface area contributed by atoms with Gasteiger partial charge in [0.1, 0.15) is 0 Å². The summed E-state index contributed by atoms with van der Waals surface area (Å²) in [6, 6.07) is 0. The predicted octanol–water partition coefficient (Wildman–Crippen LogP) is 2.83. The lowest BCUT2D eigenvalue weighted by Crippen LogP contribution is -2.26. The topological polar surface area (TPSA) is 20.2 Å². The van der Waals surface area contributed by atoms with Gasteiger partial charge in [0.05, 0.1) is 0 Å². The van der Waals surface area contributed by atoms with E-state index in [-0.39, 0.29) is 0 Å². The minimum Gasteiger partial charge on any atom is -0.396 e. The van der Waals surface area contributed by atoms with E-state index in [2.05, 4.69) is 27.7 Å². The van der Waals surface area contributed by atoms with Crippen LogP contribution >= 0.6 is 0 Å². The van der Waals surface area contributed by atoms with Crippen LogP contribution in [0.2, 0.25) is 0 Å². The second-order valence-corrected chi connectivity index (χ2v) is 4.01. The van der Waals surface area contributed by atoms with Crippen LogP contribution in [0.1, 0.15) is 47.0 Å². The molecule has 0 aromatic rings. The van der Waals surface area contributed by atoms with Gasteiger partial charge in [-0.05, 0) is 17.8 Å². The quantitative estimate of drug-likeness (QED) is 0.652. The third kappa shape index (κ3) is 3.24. The molecule has 0 saturated heterocycles. The zero-order chi connectivity index (χ0) is 8.91. The SMILES string of the molecule is CCCC(CO)C(C)(C)CC. The van der Waals surface area contributed by atoms with Crippen LogP contribution in [0.25, 0.3) is 0 Å². The summed E-state index contributed by atoms with van der Waals surface area (Å²) in [4.78, 5) is 0. The van der Waals surface area contributed by atoms with Crippen molar-refractivity contribution in [1.82, 2.24) is 0 Å². The molecule has 0 aliphatic heterocycles. The lowest BCUT2D eigenvalue weighted by atomic mass is 9.75. The van der Waals surface area contributed by atoms with Crippen LogP contribution in [0, 0.1) is 11.3 Å². The normalized spacial score (nSPS) is 15.0. The van der Waals surface area contributed by atoms with Gasteiger partial charge in [-0.25, -0.2) is 0 Å². The highest BCUT2D eigenvalue weighted by molar-refractivity contribution is 4.75. The van der Waals surface area contributed by atoms with Gasteiger partial charge in [0.15, 0.2) is 0 Å². The maximum atomic E-state index is 9.12. The largest absolute Gasteiger partial charge is 0.396 e. The summed E-state index contributed by atoms with van der Waals surface area (Å²) in [5.74, 6) is 0.484. The molecule has 1 heteroatoms. The van der Waals surface area contributed by atoms with Gasteiger partial charge >= 0.3 is 0 Å². The molecule has 0 amide bonds. The number of hydrogen-bond donors (Lipinski definition) is 1. The third-order valence-electron chi connectivity index (χ3n) is 2.87. The van der Waals surface area contributed by atoms with Gasteiger partial charge in [0.25, 0.3) is 0 Å². The van der Waals surface area contributed by atoms with E-state index in [1.54, 1.807) is 0 Å². The van der Waals surface area contributed by atoms with Crippen LogP contribution in [-0.4, -0.2) is 11.7 Å². The van der Waals surface area contributed by atoms with Crippen LogP contribution in [0.3, 0.4) is 0 Å². The highest BCUT2D eigenvalue weighted by Crippen LogP contribution is 2.32. The summed E-state index contributed by atoms with van der Waals surface area (Å²) < 4.78 is 0. The first-order valence-electron chi connectivity index (χ1n) is 4.69. The van der Waals surface area contributed by atoms with Crippen molar-refractivity contribution in [2.75, 3.05) is 6.61 Å². The first-order valence-corrected chi connectivity index (χ1v) is 4.69. The predicted molar refractivity (Wildman–Crippen MR) is 49.6 cm³/mol.